The quantitative estimate of drug-likeness (QED) is 0.101. The molecule has 0 bridgehead atoms. The van der Waals surface area contributed by atoms with Crippen LogP contribution in [-0.2, 0) is 33.9 Å². The summed E-state index contributed by atoms with van der Waals surface area (Å²) < 4.78 is 46.3. The maximum Gasteiger partial charge on any atom is 1.00 e. The van der Waals surface area contributed by atoms with Crippen molar-refractivity contribution in [1.29, 1.82) is 0 Å². The van der Waals surface area contributed by atoms with E-state index < -0.39 is 33.2 Å². The summed E-state index contributed by atoms with van der Waals surface area (Å²) in [6.07, 6.45) is 0.737. The van der Waals surface area contributed by atoms with E-state index in [9.17, 15) is 22.6 Å². The van der Waals surface area contributed by atoms with Gasteiger partial charge < -0.3 is 18.8 Å². The molecule has 0 saturated carbocycles. The number of esters is 2. The van der Waals surface area contributed by atoms with E-state index in [0.29, 0.717) is 12.4 Å². The van der Waals surface area contributed by atoms with Crippen LogP contribution in [0.5, 0.6) is 0 Å². The minimum Gasteiger partial charge on any atom is -0.748 e. The molecular formula is C16H27KO8S2. The second kappa shape index (κ2) is 15.4. The normalized spacial score (nSPS) is 11.4. The summed E-state index contributed by atoms with van der Waals surface area (Å²) in [5.41, 5.74) is -0.463. The van der Waals surface area contributed by atoms with Crippen molar-refractivity contribution in [2.45, 2.75) is 26.7 Å². The van der Waals surface area contributed by atoms with Crippen molar-refractivity contribution < 1.29 is 88.2 Å². The van der Waals surface area contributed by atoms with Crippen LogP contribution in [0.1, 0.15) is 26.7 Å². The van der Waals surface area contributed by atoms with Crippen molar-refractivity contribution in [3.63, 3.8) is 0 Å². The maximum absolute atomic E-state index is 12.0. The standard InChI is InChI=1S/C16H28O8S2.K/c1-13(14(17)22-4)11-23-7-5-9-25-12-16(2,3)15(18)24-8-6-10-26(19,20)21;/h1,5-12H2,2-4H3,(H,19,20,21);/q;+1/p-1. The molecule has 0 amide bonds. The zero-order valence-corrected chi connectivity index (χ0v) is 21.2. The molecule has 0 spiro atoms. The van der Waals surface area contributed by atoms with Crippen LogP contribution in [0.25, 0.3) is 0 Å². The van der Waals surface area contributed by atoms with Gasteiger partial charge in [0.05, 0.1) is 41.4 Å². The first-order valence-corrected chi connectivity index (χ1v) is 10.7. The van der Waals surface area contributed by atoms with Gasteiger partial charge in [0.1, 0.15) is 0 Å². The molecule has 0 aromatic carbocycles. The third kappa shape index (κ3) is 16.1. The number of hydrogen-bond donors (Lipinski definition) is 0. The van der Waals surface area contributed by atoms with Gasteiger partial charge in [0.25, 0.3) is 0 Å². The first kappa shape index (κ1) is 29.7. The van der Waals surface area contributed by atoms with Crippen molar-refractivity contribution in [1.82, 2.24) is 0 Å². The fourth-order valence-electron chi connectivity index (χ4n) is 1.64. The molecule has 152 valence electrons. The van der Waals surface area contributed by atoms with E-state index in [4.69, 9.17) is 9.47 Å². The number of ether oxygens (including phenoxy) is 3. The molecule has 0 saturated heterocycles. The number of thioether (sulfide) groups is 1. The second-order valence-corrected chi connectivity index (χ2v) is 8.82. The predicted octanol–water partition coefficient (Wildman–Crippen LogP) is -1.64. The zero-order valence-electron chi connectivity index (χ0n) is 16.4. The summed E-state index contributed by atoms with van der Waals surface area (Å²) in [5.74, 6) is -0.180. The van der Waals surface area contributed by atoms with Crippen LogP contribution in [0.3, 0.4) is 0 Å². The molecule has 0 aromatic rings. The van der Waals surface area contributed by atoms with Gasteiger partial charge in [0.2, 0.25) is 0 Å². The van der Waals surface area contributed by atoms with E-state index in [1.807, 2.05) is 0 Å². The fraction of sp³-hybridized carbons (Fsp3) is 0.750. The summed E-state index contributed by atoms with van der Waals surface area (Å²) in [6, 6.07) is 0. The molecule has 0 aliphatic rings. The first-order chi connectivity index (χ1) is 12.0. The van der Waals surface area contributed by atoms with Gasteiger partial charge in [-0.1, -0.05) is 6.58 Å². The number of carbonyl (C=O) groups excluding carboxylic acids is 2. The molecule has 0 radical (unpaired) electrons. The minimum atomic E-state index is -4.28. The van der Waals surface area contributed by atoms with Crippen molar-refractivity contribution in [2.75, 3.05) is 44.2 Å². The molecule has 0 N–H and O–H groups in total. The summed E-state index contributed by atoms with van der Waals surface area (Å²) in [5, 5.41) is 0. The average Bonchev–Trinajstić information content (AvgIpc) is 2.55. The average molecular weight is 451 g/mol. The Morgan fingerprint density at radius 1 is 1.19 bits per heavy atom. The minimum absolute atomic E-state index is 0. The van der Waals surface area contributed by atoms with Gasteiger partial charge >= 0.3 is 63.3 Å². The zero-order chi connectivity index (χ0) is 20.2. The molecule has 0 fully saturated rings. The number of rotatable bonds is 14. The Hall–Kier alpha value is 0.536. The van der Waals surface area contributed by atoms with E-state index >= 15 is 0 Å². The summed E-state index contributed by atoms with van der Waals surface area (Å²) in [6.45, 7) is 7.51. The third-order valence-electron chi connectivity index (χ3n) is 3.12. The number of methoxy groups -OCH3 is 1. The smallest absolute Gasteiger partial charge is 0.748 e. The molecule has 0 aromatic heterocycles. The van der Waals surface area contributed by atoms with Crippen molar-refractivity contribution in [3.05, 3.63) is 12.2 Å². The van der Waals surface area contributed by atoms with Crippen LogP contribution in [0.15, 0.2) is 12.2 Å². The fourth-order valence-corrected chi connectivity index (χ4v) is 3.21. The van der Waals surface area contributed by atoms with Crippen molar-refractivity contribution in [2.24, 2.45) is 5.41 Å². The monoisotopic (exact) mass is 450 g/mol. The molecule has 0 heterocycles. The maximum atomic E-state index is 12.0. The van der Waals surface area contributed by atoms with Crippen LogP contribution >= 0.6 is 11.8 Å². The summed E-state index contributed by atoms with van der Waals surface area (Å²) in [7, 11) is -3.00. The molecule has 8 nitrogen and oxygen atoms in total. The van der Waals surface area contributed by atoms with Gasteiger partial charge in [0.15, 0.2) is 0 Å². The van der Waals surface area contributed by atoms with E-state index in [-0.39, 0.29) is 76.6 Å². The van der Waals surface area contributed by atoms with Gasteiger partial charge in [-0.3, -0.25) is 4.79 Å². The van der Waals surface area contributed by atoms with Crippen molar-refractivity contribution in [3.8, 4) is 0 Å². The molecule has 0 atom stereocenters. The topological polar surface area (TPSA) is 119 Å². The SMILES string of the molecule is C=C(COCCCSCC(C)(C)C(=O)OCCCS(=O)(=O)[O-])C(=O)OC.[K+]. The van der Waals surface area contributed by atoms with Crippen LogP contribution in [0.2, 0.25) is 0 Å². The van der Waals surface area contributed by atoms with Gasteiger partial charge in [-0.2, -0.15) is 11.8 Å². The third-order valence-corrected chi connectivity index (χ3v) is 5.41. The van der Waals surface area contributed by atoms with Crippen LogP contribution in [0, 0.1) is 5.41 Å². The van der Waals surface area contributed by atoms with Crippen LogP contribution in [-0.4, -0.2) is 69.1 Å². The van der Waals surface area contributed by atoms with Crippen LogP contribution < -0.4 is 51.4 Å². The Morgan fingerprint density at radius 3 is 2.37 bits per heavy atom. The van der Waals surface area contributed by atoms with Crippen molar-refractivity contribution >= 4 is 33.8 Å². The van der Waals surface area contributed by atoms with E-state index in [1.165, 1.54) is 7.11 Å². The molecule has 0 rings (SSSR count). The first-order valence-electron chi connectivity index (χ1n) is 8.02. The summed E-state index contributed by atoms with van der Waals surface area (Å²) in [4.78, 5) is 23.1. The van der Waals surface area contributed by atoms with E-state index in [1.54, 1.807) is 25.6 Å². The molecule has 0 aliphatic carbocycles. The Bertz CT molecular complexity index is 575. The largest absolute Gasteiger partial charge is 1.00 e. The van der Waals surface area contributed by atoms with Gasteiger partial charge in [0, 0.05) is 18.1 Å². The second-order valence-electron chi connectivity index (χ2n) is 6.19. The van der Waals surface area contributed by atoms with Gasteiger partial charge in [-0.05, 0) is 32.4 Å². The van der Waals surface area contributed by atoms with Gasteiger partial charge in [-0.15, -0.1) is 0 Å². The van der Waals surface area contributed by atoms with Gasteiger partial charge in [-0.25, -0.2) is 13.2 Å². The summed E-state index contributed by atoms with van der Waals surface area (Å²) >= 11 is 1.56. The van der Waals surface area contributed by atoms with Crippen LogP contribution in [0.4, 0.5) is 0 Å². The Morgan fingerprint density at radius 2 is 1.81 bits per heavy atom. The number of hydrogen-bond acceptors (Lipinski definition) is 9. The van der Waals surface area contributed by atoms with E-state index in [2.05, 4.69) is 11.3 Å². The Labute approximate surface area is 208 Å². The molecular weight excluding hydrogens is 423 g/mol. The molecule has 27 heavy (non-hydrogen) atoms. The molecule has 0 aliphatic heterocycles. The Balaban J connectivity index is 0. The van der Waals surface area contributed by atoms with E-state index in [0.717, 1.165) is 12.2 Å². The number of carbonyl (C=O) groups is 2. The predicted molar refractivity (Wildman–Crippen MR) is 97.8 cm³/mol. The molecule has 0 unspecified atom stereocenters. The molecule has 11 heteroatoms. The Kier molecular flexibility index (Phi) is 16.9.